The molecule has 1 unspecified atom stereocenters. The van der Waals surface area contributed by atoms with Gasteiger partial charge in [-0.2, -0.15) is 0 Å². The van der Waals surface area contributed by atoms with E-state index < -0.39 is 0 Å². The van der Waals surface area contributed by atoms with Gasteiger partial charge in [-0.3, -0.25) is 0 Å². The normalized spacial score (nSPS) is 24.2. The molecular formula is C12H22N2O2. The second kappa shape index (κ2) is 5.04. The Bertz CT molecular complexity index is 245. The topological polar surface area (TPSA) is 41.6 Å². The number of amides is 1. The maximum atomic E-state index is 11.3. The summed E-state index contributed by atoms with van der Waals surface area (Å²) in [4.78, 5) is 13.1. The summed E-state index contributed by atoms with van der Waals surface area (Å²) in [5.74, 6) is 0.902. The molecule has 4 nitrogen and oxygen atoms in total. The lowest BCUT2D eigenvalue weighted by Gasteiger charge is -2.33. The third-order valence-electron chi connectivity index (χ3n) is 3.76. The predicted molar refractivity (Wildman–Crippen MR) is 62.3 cm³/mol. The van der Waals surface area contributed by atoms with E-state index in [1.807, 2.05) is 0 Å². The van der Waals surface area contributed by atoms with Crippen molar-refractivity contribution in [1.82, 2.24) is 10.2 Å². The number of hydrogen-bond donors (Lipinski definition) is 1. The Morgan fingerprint density at radius 2 is 1.94 bits per heavy atom. The van der Waals surface area contributed by atoms with Crippen LogP contribution in [0.1, 0.15) is 32.6 Å². The SMILES string of the molecule is COC(=O)N1CCC(NC(C)C2CC2)CC1. The molecule has 1 atom stereocenters. The Balaban J connectivity index is 1.70. The van der Waals surface area contributed by atoms with Crippen molar-refractivity contribution in [2.75, 3.05) is 20.2 Å². The maximum absolute atomic E-state index is 11.3. The highest BCUT2D eigenvalue weighted by atomic mass is 16.5. The number of likely N-dealkylation sites (tertiary alicyclic amines) is 1. The van der Waals surface area contributed by atoms with Crippen LogP contribution in [0.2, 0.25) is 0 Å². The number of nitrogens with one attached hydrogen (secondary N) is 1. The van der Waals surface area contributed by atoms with Crippen LogP contribution in [0.25, 0.3) is 0 Å². The van der Waals surface area contributed by atoms with E-state index in [0.717, 1.165) is 31.8 Å². The van der Waals surface area contributed by atoms with Gasteiger partial charge >= 0.3 is 6.09 Å². The van der Waals surface area contributed by atoms with Crippen molar-refractivity contribution in [3.05, 3.63) is 0 Å². The van der Waals surface area contributed by atoms with Gasteiger partial charge < -0.3 is 15.0 Å². The van der Waals surface area contributed by atoms with Gasteiger partial charge in [0.2, 0.25) is 0 Å². The van der Waals surface area contributed by atoms with Crippen LogP contribution in [-0.4, -0.2) is 43.3 Å². The van der Waals surface area contributed by atoms with E-state index in [-0.39, 0.29) is 6.09 Å². The van der Waals surface area contributed by atoms with Gasteiger partial charge in [0.05, 0.1) is 7.11 Å². The van der Waals surface area contributed by atoms with Crippen LogP contribution in [-0.2, 0) is 4.74 Å². The van der Waals surface area contributed by atoms with E-state index in [2.05, 4.69) is 12.2 Å². The molecule has 2 rings (SSSR count). The minimum atomic E-state index is -0.186. The van der Waals surface area contributed by atoms with E-state index in [1.165, 1.54) is 20.0 Å². The fourth-order valence-electron chi connectivity index (χ4n) is 2.46. The van der Waals surface area contributed by atoms with Crippen molar-refractivity contribution >= 4 is 6.09 Å². The molecule has 1 saturated heterocycles. The summed E-state index contributed by atoms with van der Waals surface area (Å²) < 4.78 is 4.72. The molecule has 0 bridgehead atoms. The van der Waals surface area contributed by atoms with Crippen molar-refractivity contribution in [3.8, 4) is 0 Å². The molecule has 1 aliphatic carbocycles. The second-order valence-corrected chi connectivity index (χ2v) is 5.02. The first kappa shape index (κ1) is 11.7. The maximum Gasteiger partial charge on any atom is 0.409 e. The number of ether oxygens (including phenoxy) is 1. The van der Waals surface area contributed by atoms with E-state index in [4.69, 9.17) is 4.74 Å². The van der Waals surface area contributed by atoms with Crippen LogP contribution >= 0.6 is 0 Å². The average molecular weight is 226 g/mol. The van der Waals surface area contributed by atoms with Gasteiger partial charge in [-0.1, -0.05) is 0 Å². The number of piperidine rings is 1. The lowest BCUT2D eigenvalue weighted by molar-refractivity contribution is 0.108. The molecule has 1 N–H and O–H groups in total. The Labute approximate surface area is 97.3 Å². The quantitative estimate of drug-likeness (QED) is 0.795. The van der Waals surface area contributed by atoms with Crippen LogP contribution in [0.5, 0.6) is 0 Å². The molecule has 0 radical (unpaired) electrons. The number of carbonyl (C=O) groups is 1. The monoisotopic (exact) mass is 226 g/mol. The Morgan fingerprint density at radius 3 is 2.44 bits per heavy atom. The first-order valence-corrected chi connectivity index (χ1v) is 6.29. The Kier molecular flexibility index (Phi) is 3.69. The fourth-order valence-corrected chi connectivity index (χ4v) is 2.46. The standard InChI is InChI=1S/C12H22N2O2/c1-9(10-3-4-10)13-11-5-7-14(8-6-11)12(15)16-2/h9-11,13H,3-8H2,1-2H3. The van der Waals surface area contributed by atoms with Crippen molar-refractivity contribution in [1.29, 1.82) is 0 Å². The number of rotatable bonds is 3. The lowest BCUT2D eigenvalue weighted by Crippen LogP contribution is -2.47. The van der Waals surface area contributed by atoms with Gasteiger partial charge in [0.1, 0.15) is 0 Å². The highest BCUT2D eigenvalue weighted by molar-refractivity contribution is 5.67. The van der Waals surface area contributed by atoms with E-state index >= 15 is 0 Å². The summed E-state index contributed by atoms with van der Waals surface area (Å²) in [5.41, 5.74) is 0. The lowest BCUT2D eigenvalue weighted by atomic mass is 10.0. The predicted octanol–water partition coefficient (Wildman–Crippen LogP) is 1.61. The number of methoxy groups -OCH3 is 1. The van der Waals surface area contributed by atoms with E-state index in [0.29, 0.717) is 12.1 Å². The number of carbonyl (C=O) groups excluding carboxylic acids is 1. The first-order valence-electron chi connectivity index (χ1n) is 6.29. The summed E-state index contributed by atoms with van der Waals surface area (Å²) in [6, 6.07) is 1.23. The average Bonchev–Trinajstić information content (AvgIpc) is 3.13. The van der Waals surface area contributed by atoms with E-state index in [1.54, 1.807) is 4.90 Å². The smallest absolute Gasteiger partial charge is 0.409 e. The molecule has 0 spiro atoms. The summed E-state index contributed by atoms with van der Waals surface area (Å²) in [6.45, 7) is 3.92. The van der Waals surface area contributed by atoms with Gasteiger partial charge in [-0.05, 0) is 38.5 Å². The largest absolute Gasteiger partial charge is 0.453 e. The van der Waals surface area contributed by atoms with Gasteiger partial charge in [0.15, 0.2) is 0 Å². The molecule has 1 aliphatic heterocycles. The molecule has 1 heterocycles. The summed E-state index contributed by atoms with van der Waals surface area (Å²) >= 11 is 0. The number of hydrogen-bond acceptors (Lipinski definition) is 3. The summed E-state index contributed by atoms with van der Waals surface area (Å²) in [5, 5.41) is 3.68. The molecule has 4 heteroatoms. The van der Waals surface area contributed by atoms with E-state index in [9.17, 15) is 4.79 Å². The molecule has 0 aromatic heterocycles. The summed E-state index contributed by atoms with van der Waals surface area (Å²) in [7, 11) is 1.45. The van der Waals surface area contributed by atoms with Crippen LogP contribution in [0, 0.1) is 5.92 Å². The van der Waals surface area contributed by atoms with Crippen LogP contribution in [0.3, 0.4) is 0 Å². The third-order valence-corrected chi connectivity index (χ3v) is 3.76. The Morgan fingerprint density at radius 1 is 1.31 bits per heavy atom. The third kappa shape index (κ3) is 2.88. The zero-order chi connectivity index (χ0) is 11.5. The molecule has 16 heavy (non-hydrogen) atoms. The first-order chi connectivity index (χ1) is 7.70. The van der Waals surface area contributed by atoms with Crippen LogP contribution < -0.4 is 5.32 Å². The fraction of sp³-hybridized carbons (Fsp3) is 0.917. The molecule has 1 amide bonds. The highest BCUT2D eigenvalue weighted by Crippen LogP contribution is 2.32. The number of nitrogens with zero attached hydrogens (tertiary/aromatic N) is 1. The van der Waals surface area contributed by atoms with Gasteiger partial charge in [0.25, 0.3) is 0 Å². The van der Waals surface area contributed by atoms with Crippen molar-refractivity contribution < 1.29 is 9.53 Å². The minimum absolute atomic E-state index is 0.186. The second-order valence-electron chi connectivity index (χ2n) is 5.02. The summed E-state index contributed by atoms with van der Waals surface area (Å²) in [6.07, 6.45) is 4.68. The molecule has 92 valence electrons. The zero-order valence-corrected chi connectivity index (χ0v) is 10.2. The molecule has 0 aromatic carbocycles. The zero-order valence-electron chi connectivity index (χ0n) is 10.2. The molecular weight excluding hydrogens is 204 g/mol. The molecule has 1 saturated carbocycles. The minimum Gasteiger partial charge on any atom is -0.453 e. The Hall–Kier alpha value is -0.770. The molecule has 0 aromatic rings. The van der Waals surface area contributed by atoms with Crippen LogP contribution in [0.15, 0.2) is 0 Å². The van der Waals surface area contributed by atoms with Gasteiger partial charge in [-0.25, -0.2) is 4.79 Å². The van der Waals surface area contributed by atoms with Crippen molar-refractivity contribution in [2.24, 2.45) is 5.92 Å². The highest BCUT2D eigenvalue weighted by Gasteiger charge is 2.30. The molecule has 2 fully saturated rings. The van der Waals surface area contributed by atoms with Crippen molar-refractivity contribution in [3.63, 3.8) is 0 Å². The van der Waals surface area contributed by atoms with Gasteiger partial charge in [-0.15, -0.1) is 0 Å². The van der Waals surface area contributed by atoms with Crippen molar-refractivity contribution in [2.45, 2.75) is 44.7 Å². The molecule has 2 aliphatic rings. The van der Waals surface area contributed by atoms with Gasteiger partial charge in [0, 0.05) is 25.2 Å². The van der Waals surface area contributed by atoms with Crippen LogP contribution in [0.4, 0.5) is 4.79 Å².